The van der Waals surface area contributed by atoms with Crippen LogP contribution in [0.4, 0.5) is 34.1 Å². The molecule has 0 fully saturated rings. The molecule has 13 heteroatoms. The number of benzene rings is 3. The predicted octanol–water partition coefficient (Wildman–Crippen LogP) is 6.01. The summed E-state index contributed by atoms with van der Waals surface area (Å²) in [7, 11) is 2.96. The van der Waals surface area contributed by atoms with Crippen LogP contribution in [0.25, 0.3) is 0 Å². The first-order valence-corrected chi connectivity index (χ1v) is 11.1. The standard InChI is InChI=1S/C24H25N7O6/c1-36-23-16-22(29-27-18-5-9-20(10-6-18)31(34)35)24(37-2)15-21(23)28-26-17-3-7-19(8-4-17)30(13-14-32)12-11-25-33/h3-10,15-16,32H,11-14H2,1-2H3/b28-26+,29-27+. The van der Waals surface area contributed by atoms with E-state index < -0.39 is 4.92 Å². The number of nitrogens with zero attached hydrogens (tertiary/aromatic N) is 7. The van der Waals surface area contributed by atoms with Crippen molar-refractivity contribution in [3.63, 3.8) is 0 Å². The molecular formula is C24H25N7O6. The molecule has 0 saturated heterocycles. The zero-order chi connectivity index (χ0) is 26.6. The Bertz CT molecular complexity index is 1260. The summed E-state index contributed by atoms with van der Waals surface area (Å²) in [5.74, 6) is 0.758. The van der Waals surface area contributed by atoms with Crippen LogP contribution in [0, 0.1) is 15.0 Å². The van der Waals surface area contributed by atoms with E-state index in [0.717, 1.165) is 5.69 Å². The summed E-state index contributed by atoms with van der Waals surface area (Å²) in [5, 5.41) is 39.8. The van der Waals surface area contributed by atoms with Gasteiger partial charge in [-0.15, -0.1) is 10.2 Å². The maximum atomic E-state index is 10.8. The molecule has 0 radical (unpaired) electrons. The van der Waals surface area contributed by atoms with Crippen LogP contribution in [0.1, 0.15) is 0 Å². The maximum Gasteiger partial charge on any atom is 0.269 e. The van der Waals surface area contributed by atoms with E-state index in [1.165, 1.54) is 38.5 Å². The van der Waals surface area contributed by atoms with Crippen LogP contribution in [-0.4, -0.2) is 50.5 Å². The van der Waals surface area contributed by atoms with Crippen LogP contribution in [0.15, 0.2) is 86.3 Å². The molecular weight excluding hydrogens is 482 g/mol. The van der Waals surface area contributed by atoms with Gasteiger partial charge in [0, 0.05) is 43.0 Å². The quantitative estimate of drug-likeness (QED) is 0.128. The molecule has 0 bridgehead atoms. The average Bonchev–Trinajstić information content (AvgIpc) is 2.93. The van der Waals surface area contributed by atoms with Crippen molar-refractivity contribution in [1.82, 2.24) is 0 Å². The lowest BCUT2D eigenvalue weighted by molar-refractivity contribution is -0.384. The fourth-order valence-electron chi connectivity index (χ4n) is 3.27. The number of nitroso groups, excluding NO2 is 1. The first-order valence-electron chi connectivity index (χ1n) is 11.1. The van der Waals surface area contributed by atoms with E-state index >= 15 is 0 Å². The van der Waals surface area contributed by atoms with Crippen LogP contribution in [0.2, 0.25) is 0 Å². The van der Waals surface area contributed by atoms with Crippen molar-refractivity contribution in [2.45, 2.75) is 0 Å². The molecule has 192 valence electrons. The van der Waals surface area contributed by atoms with Gasteiger partial charge in [0.05, 0.1) is 43.7 Å². The SMILES string of the molecule is COc1cc(/N=N/c2ccc([N+](=O)[O-])cc2)c(OC)cc1/N=N/c1ccc(N(CCO)CCN=O)cc1. The van der Waals surface area contributed by atoms with Gasteiger partial charge >= 0.3 is 0 Å². The predicted molar refractivity (Wildman–Crippen MR) is 137 cm³/mol. The lowest BCUT2D eigenvalue weighted by atomic mass is 10.2. The van der Waals surface area contributed by atoms with Gasteiger partial charge in [0.1, 0.15) is 22.9 Å². The van der Waals surface area contributed by atoms with E-state index in [4.69, 9.17) is 9.47 Å². The summed E-state index contributed by atoms with van der Waals surface area (Å²) < 4.78 is 10.9. The highest BCUT2D eigenvalue weighted by Crippen LogP contribution is 2.41. The number of hydrogen-bond acceptors (Lipinski definition) is 12. The molecule has 0 aliphatic carbocycles. The monoisotopic (exact) mass is 507 g/mol. The molecule has 37 heavy (non-hydrogen) atoms. The zero-order valence-corrected chi connectivity index (χ0v) is 20.2. The summed E-state index contributed by atoms with van der Waals surface area (Å²) in [6.07, 6.45) is 0. The van der Waals surface area contributed by atoms with E-state index in [2.05, 4.69) is 25.6 Å². The highest BCUT2D eigenvalue weighted by Gasteiger charge is 2.12. The van der Waals surface area contributed by atoms with E-state index in [9.17, 15) is 20.1 Å². The number of non-ortho nitro benzene ring substituents is 1. The Hall–Kier alpha value is -4.78. The summed E-state index contributed by atoms with van der Waals surface area (Å²) in [6.45, 7) is 0.842. The van der Waals surface area contributed by atoms with Gasteiger partial charge < -0.3 is 19.5 Å². The Labute approximate surface area is 212 Å². The van der Waals surface area contributed by atoms with Crippen LogP contribution in [0.5, 0.6) is 11.5 Å². The van der Waals surface area contributed by atoms with Crippen molar-refractivity contribution in [1.29, 1.82) is 0 Å². The molecule has 0 unspecified atom stereocenters. The number of methoxy groups -OCH3 is 2. The molecule has 0 atom stereocenters. The third-order valence-corrected chi connectivity index (χ3v) is 5.13. The first-order chi connectivity index (χ1) is 18.0. The molecule has 3 aromatic carbocycles. The minimum atomic E-state index is -0.490. The summed E-state index contributed by atoms with van der Waals surface area (Å²) in [5.41, 5.74) is 2.55. The fraction of sp³-hybridized carbons (Fsp3) is 0.250. The fourth-order valence-corrected chi connectivity index (χ4v) is 3.27. The number of aliphatic hydroxyl groups is 1. The molecule has 0 aromatic heterocycles. The Balaban J connectivity index is 1.80. The topological polar surface area (TPSA) is 164 Å². The average molecular weight is 508 g/mol. The lowest BCUT2D eigenvalue weighted by Crippen LogP contribution is -2.29. The van der Waals surface area contributed by atoms with Crippen LogP contribution >= 0.6 is 0 Å². The van der Waals surface area contributed by atoms with E-state index in [1.807, 2.05) is 17.0 Å². The number of azo groups is 2. The van der Waals surface area contributed by atoms with Gasteiger partial charge in [-0.2, -0.15) is 15.1 Å². The van der Waals surface area contributed by atoms with E-state index in [1.54, 1.807) is 24.3 Å². The number of hydrogen-bond donors (Lipinski definition) is 1. The zero-order valence-electron chi connectivity index (χ0n) is 20.2. The summed E-state index contributed by atoms with van der Waals surface area (Å²) >= 11 is 0. The minimum Gasteiger partial charge on any atom is -0.494 e. The Morgan fingerprint density at radius 2 is 1.35 bits per heavy atom. The van der Waals surface area contributed by atoms with Gasteiger partial charge in [0.15, 0.2) is 0 Å². The van der Waals surface area contributed by atoms with E-state index in [0.29, 0.717) is 47.3 Å². The van der Waals surface area contributed by atoms with Gasteiger partial charge in [-0.3, -0.25) is 10.1 Å². The van der Waals surface area contributed by atoms with Gasteiger partial charge in [-0.25, -0.2) is 0 Å². The summed E-state index contributed by atoms with van der Waals surface area (Å²) in [6, 6.07) is 16.0. The van der Waals surface area contributed by atoms with Gasteiger partial charge in [-0.05, 0) is 36.4 Å². The second kappa shape index (κ2) is 13.3. The molecule has 1 N–H and O–H groups in total. The molecule has 0 heterocycles. The number of rotatable bonds is 13. The molecule has 13 nitrogen and oxygen atoms in total. The van der Waals surface area contributed by atoms with Gasteiger partial charge in [-0.1, -0.05) is 5.18 Å². The molecule has 0 saturated carbocycles. The molecule has 3 rings (SSSR count). The first kappa shape index (κ1) is 26.8. The van der Waals surface area contributed by atoms with Crippen molar-refractivity contribution < 1.29 is 19.5 Å². The Morgan fingerprint density at radius 3 is 1.78 bits per heavy atom. The summed E-state index contributed by atoms with van der Waals surface area (Å²) in [4.78, 5) is 22.6. The molecule has 0 spiro atoms. The molecule has 0 aliphatic rings. The Morgan fingerprint density at radius 1 is 0.838 bits per heavy atom. The van der Waals surface area contributed by atoms with Crippen molar-refractivity contribution in [3.8, 4) is 11.5 Å². The van der Waals surface area contributed by atoms with Crippen LogP contribution in [0.3, 0.4) is 0 Å². The third-order valence-electron chi connectivity index (χ3n) is 5.13. The maximum absolute atomic E-state index is 10.8. The minimum absolute atomic E-state index is 0.0414. The normalized spacial score (nSPS) is 11.1. The number of nitro groups is 1. The highest BCUT2D eigenvalue weighted by atomic mass is 16.6. The molecule has 0 amide bonds. The van der Waals surface area contributed by atoms with Crippen LogP contribution < -0.4 is 14.4 Å². The highest BCUT2D eigenvalue weighted by molar-refractivity contribution is 5.66. The number of nitro benzene ring substituents is 1. The smallest absolute Gasteiger partial charge is 0.269 e. The largest absolute Gasteiger partial charge is 0.494 e. The third kappa shape index (κ3) is 7.35. The second-order valence-corrected chi connectivity index (χ2v) is 7.45. The molecule has 0 aliphatic heterocycles. The van der Waals surface area contributed by atoms with Gasteiger partial charge in [0.2, 0.25) is 0 Å². The van der Waals surface area contributed by atoms with Crippen molar-refractivity contribution in [2.24, 2.45) is 25.6 Å². The Kier molecular flexibility index (Phi) is 9.67. The lowest BCUT2D eigenvalue weighted by Gasteiger charge is -2.22. The van der Waals surface area contributed by atoms with E-state index in [-0.39, 0.29) is 18.8 Å². The van der Waals surface area contributed by atoms with Gasteiger partial charge in [0.25, 0.3) is 5.69 Å². The van der Waals surface area contributed by atoms with Crippen LogP contribution in [-0.2, 0) is 0 Å². The number of aliphatic hydroxyl groups excluding tert-OH is 1. The molecule has 3 aromatic rings. The van der Waals surface area contributed by atoms with Crippen molar-refractivity contribution in [2.75, 3.05) is 45.4 Å². The second-order valence-electron chi connectivity index (χ2n) is 7.45. The number of anilines is 1. The van der Waals surface area contributed by atoms with Crippen molar-refractivity contribution >= 4 is 34.1 Å². The van der Waals surface area contributed by atoms with Crippen molar-refractivity contribution in [3.05, 3.63) is 75.7 Å². The number of ether oxygens (including phenoxy) is 2.